The molecular weight excluding hydrogens is 268 g/mol. The van der Waals surface area contributed by atoms with E-state index in [0.717, 1.165) is 11.3 Å². The number of ether oxygens (including phenoxy) is 1. The number of hydrogen-bond acceptors (Lipinski definition) is 4. The van der Waals surface area contributed by atoms with Crippen molar-refractivity contribution in [1.82, 2.24) is 19.2 Å². The van der Waals surface area contributed by atoms with Crippen molar-refractivity contribution in [3.8, 4) is 0 Å². The molecule has 1 aliphatic rings. The Morgan fingerprint density at radius 3 is 2.63 bits per heavy atom. The molecule has 2 heterocycles. The van der Waals surface area contributed by atoms with Crippen molar-refractivity contribution in [3.63, 3.8) is 0 Å². The topological polar surface area (TPSA) is 87.3 Å². The van der Waals surface area contributed by atoms with Gasteiger partial charge in [0.25, 0.3) is 10.2 Å². The predicted octanol–water partition coefficient (Wildman–Crippen LogP) is 0.162. The van der Waals surface area contributed by atoms with Gasteiger partial charge in [0, 0.05) is 30.9 Å². The third kappa shape index (κ3) is 3.53. The van der Waals surface area contributed by atoms with Crippen LogP contribution in [0.15, 0.2) is 6.20 Å². The first-order chi connectivity index (χ1) is 8.88. The lowest BCUT2D eigenvalue weighted by atomic mass is 10.3. The van der Waals surface area contributed by atoms with E-state index in [4.69, 9.17) is 4.74 Å². The van der Waals surface area contributed by atoms with E-state index in [1.54, 1.807) is 6.20 Å². The summed E-state index contributed by atoms with van der Waals surface area (Å²) >= 11 is 0. The zero-order valence-corrected chi connectivity index (χ0v) is 12.2. The Morgan fingerprint density at radius 1 is 1.47 bits per heavy atom. The number of aromatic nitrogens is 2. The largest absolute Gasteiger partial charge is 0.373 e. The van der Waals surface area contributed by atoms with Gasteiger partial charge in [-0.2, -0.15) is 22.5 Å². The SMILES string of the molecule is Cc1[nH]ncc1CNS(=O)(=O)N1CC(C)OC(C)C1. The molecule has 2 unspecified atom stereocenters. The Balaban J connectivity index is 2.00. The highest BCUT2D eigenvalue weighted by molar-refractivity contribution is 7.87. The molecule has 2 N–H and O–H groups in total. The molecule has 1 aliphatic heterocycles. The molecule has 7 nitrogen and oxygen atoms in total. The first-order valence-corrected chi connectivity index (χ1v) is 7.71. The van der Waals surface area contributed by atoms with Crippen molar-refractivity contribution in [2.24, 2.45) is 0 Å². The zero-order chi connectivity index (χ0) is 14.0. The molecule has 19 heavy (non-hydrogen) atoms. The molecule has 0 bridgehead atoms. The molecule has 0 aromatic carbocycles. The van der Waals surface area contributed by atoms with Gasteiger partial charge in [-0.3, -0.25) is 5.10 Å². The Bertz CT molecular complexity index is 518. The van der Waals surface area contributed by atoms with Crippen molar-refractivity contribution < 1.29 is 13.2 Å². The van der Waals surface area contributed by atoms with Gasteiger partial charge in [0.2, 0.25) is 0 Å². The van der Waals surface area contributed by atoms with Gasteiger partial charge in [-0.25, -0.2) is 0 Å². The molecule has 108 valence electrons. The highest BCUT2D eigenvalue weighted by Crippen LogP contribution is 2.14. The van der Waals surface area contributed by atoms with Crippen LogP contribution in [0.2, 0.25) is 0 Å². The van der Waals surface area contributed by atoms with E-state index >= 15 is 0 Å². The summed E-state index contributed by atoms with van der Waals surface area (Å²) in [5.41, 5.74) is 1.71. The van der Waals surface area contributed by atoms with Gasteiger partial charge in [-0.15, -0.1) is 0 Å². The van der Waals surface area contributed by atoms with Gasteiger partial charge >= 0.3 is 0 Å². The molecule has 0 radical (unpaired) electrons. The maximum Gasteiger partial charge on any atom is 0.279 e. The fraction of sp³-hybridized carbons (Fsp3) is 0.727. The predicted molar refractivity (Wildman–Crippen MR) is 70.7 cm³/mol. The number of morpholine rings is 1. The fourth-order valence-electron chi connectivity index (χ4n) is 2.14. The molecule has 0 spiro atoms. The quantitative estimate of drug-likeness (QED) is 0.826. The van der Waals surface area contributed by atoms with E-state index in [1.165, 1.54) is 4.31 Å². The van der Waals surface area contributed by atoms with Crippen LogP contribution in [-0.4, -0.2) is 48.2 Å². The maximum atomic E-state index is 12.2. The Hall–Kier alpha value is -0.960. The fourth-order valence-corrected chi connectivity index (χ4v) is 3.47. The Labute approximate surface area is 113 Å². The smallest absolute Gasteiger partial charge is 0.279 e. The molecule has 2 atom stereocenters. The summed E-state index contributed by atoms with van der Waals surface area (Å²) in [5, 5.41) is 6.65. The normalized spacial score (nSPS) is 25.6. The van der Waals surface area contributed by atoms with Crippen LogP contribution >= 0.6 is 0 Å². The third-order valence-electron chi connectivity index (χ3n) is 3.11. The van der Waals surface area contributed by atoms with E-state index in [-0.39, 0.29) is 18.8 Å². The lowest BCUT2D eigenvalue weighted by molar-refractivity contribution is -0.0444. The van der Waals surface area contributed by atoms with E-state index in [9.17, 15) is 8.42 Å². The summed E-state index contributed by atoms with van der Waals surface area (Å²) in [4.78, 5) is 0. The molecule has 0 aliphatic carbocycles. The minimum absolute atomic E-state index is 0.0870. The highest BCUT2D eigenvalue weighted by atomic mass is 32.2. The molecule has 1 saturated heterocycles. The van der Waals surface area contributed by atoms with Crippen molar-refractivity contribution in [2.75, 3.05) is 13.1 Å². The molecule has 0 amide bonds. The third-order valence-corrected chi connectivity index (χ3v) is 4.59. The number of aromatic amines is 1. The van der Waals surface area contributed by atoms with Crippen LogP contribution in [0.4, 0.5) is 0 Å². The molecule has 1 aromatic rings. The summed E-state index contributed by atoms with van der Waals surface area (Å²) in [5.74, 6) is 0. The van der Waals surface area contributed by atoms with E-state index in [0.29, 0.717) is 13.1 Å². The molecule has 1 fully saturated rings. The number of rotatable bonds is 4. The van der Waals surface area contributed by atoms with Crippen LogP contribution in [-0.2, 0) is 21.5 Å². The first-order valence-electron chi connectivity index (χ1n) is 6.27. The zero-order valence-electron chi connectivity index (χ0n) is 11.4. The number of aryl methyl sites for hydroxylation is 1. The number of hydrogen-bond donors (Lipinski definition) is 2. The van der Waals surface area contributed by atoms with E-state index in [1.807, 2.05) is 20.8 Å². The van der Waals surface area contributed by atoms with Gasteiger partial charge in [0.15, 0.2) is 0 Å². The number of H-pyrrole nitrogens is 1. The van der Waals surface area contributed by atoms with Crippen LogP contribution in [0.5, 0.6) is 0 Å². The lowest BCUT2D eigenvalue weighted by Gasteiger charge is -2.34. The van der Waals surface area contributed by atoms with E-state index < -0.39 is 10.2 Å². The molecular formula is C11H20N4O3S. The minimum Gasteiger partial charge on any atom is -0.373 e. The second-order valence-electron chi connectivity index (χ2n) is 4.92. The summed E-state index contributed by atoms with van der Waals surface area (Å²) in [6, 6.07) is 0. The summed E-state index contributed by atoms with van der Waals surface area (Å²) < 4.78 is 34.0. The maximum absolute atomic E-state index is 12.2. The minimum atomic E-state index is -3.48. The molecule has 0 saturated carbocycles. The standard InChI is InChI=1S/C11H20N4O3S/c1-8-6-15(7-9(2)18-8)19(16,17)13-5-11-4-12-14-10(11)3/h4,8-9,13H,5-7H2,1-3H3,(H,12,14). The summed E-state index contributed by atoms with van der Waals surface area (Å²) in [6.07, 6.45) is 1.45. The van der Waals surface area contributed by atoms with Gasteiger partial charge in [-0.1, -0.05) is 0 Å². The van der Waals surface area contributed by atoms with Crippen LogP contribution in [0, 0.1) is 6.92 Å². The van der Waals surface area contributed by atoms with Gasteiger partial charge in [-0.05, 0) is 20.8 Å². The summed E-state index contributed by atoms with van der Waals surface area (Å²) in [6.45, 7) is 6.60. The van der Waals surface area contributed by atoms with Gasteiger partial charge in [0.05, 0.1) is 18.4 Å². The van der Waals surface area contributed by atoms with Crippen molar-refractivity contribution >= 4 is 10.2 Å². The highest BCUT2D eigenvalue weighted by Gasteiger charge is 2.30. The van der Waals surface area contributed by atoms with Gasteiger partial charge in [0.1, 0.15) is 0 Å². The summed E-state index contributed by atoms with van der Waals surface area (Å²) in [7, 11) is -3.48. The Morgan fingerprint density at radius 2 is 2.11 bits per heavy atom. The molecule has 8 heteroatoms. The average Bonchev–Trinajstić information content (AvgIpc) is 2.71. The van der Waals surface area contributed by atoms with Crippen LogP contribution in [0.25, 0.3) is 0 Å². The van der Waals surface area contributed by atoms with Crippen molar-refractivity contribution in [2.45, 2.75) is 39.5 Å². The van der Waals surface area contributed by atoms with Gasteiger partial charge < -0.3 is 4.74 Å². The second-order valence-corrected chi connectivity index (χ2v) is 6.68. The van der Waals surface area contributed by atoms with Crippen molar-refractivity contribution in [3.05, 3.63) is 17.5 Å². The van der Waals surface area contributed by atoms with Crippen LogP contribution in [0.3, 0.4) is 0 Å². The molecule has 1 aromatic heterocycles. The van der Waals surface area contributed by atoms with Crippen molar-refractivity contribution in [1.29, 1.82) is 0 Å². The van der Waals surface area contributed by atoms with Crippen LogP contribution in [0.1, 0.15) is 25.1 Å². The number of nitrogens with zero attached hydrogens (tertiary/aromatic N) is 2. The van der Waals surface area contributed by atoms with Crippen LogP contribution < -0.4 is 4.72 Å². The number of nitrogens with one attached hydrogen (secondary N) is 2. The molecule has 2 rings (SSSR count). The lowest BCUT2D eigenvalue weighted by Crippen LogP contribution is -2.51. The first kappa shape index (κ1) is 14.4. The average molecular weight is 288 g/mol. The monoisotopic (exact) mass is 288 g/mol. The van der Waals surface area contributed by atoms with E-state index in [2.05, 4.69) is 14.9 Å². The second kappa shape index (κ2) is 5.58. The Kier molecular flexibility index (Phi) is 4.24.